The number of nitrogens with zero attached hydrogens (tertiary/aromatic N) is 4. The molecule has 0 aliphatic carbocycles. The van der Waals surface area contributed by atoms with Crippen LogP contribution in [0.15, 0.2) is 52.9 Å². The molecule has 1 amide bonds. The van der Waals surface area contributed by atoms with Crippen LogP contribution in [0.5, 0.6) is 5.75 Å². The highest BCUT2D eigenvalue weighted by Gasteiger charge is 2.26. The van der Waals surface area contributed by atoms with Crippen molar-refractivity contribution < 1.29 is 13.9 Å². The maximum absolute atomic E-state index is 12.8. The average molecular weight is 443 g/mol. The summed E-state index contributed by atoms with van der Waals surface area (Å²) < 4.78 is 11.4. The van der Waals surface area contributed by atoms with E-state index < -0.39 is 0 Å². The zero-order valence-corrected chi connectivity index (χ0v) is 18.8. The number of amides is 1. The van der Waals surface area contributed by atoms with Gasteiger partial charge in [-0.1, -0.05) is 29.8 Å². The molecule has 0 unspecified atom stereocenters. The molecule has 7 nitrogen and oxygen atoms in total. The van der Waals surface area contributed by atoms with E-state index in [-0.39, 0.29) is 11.6 Å². The molecular formula is C26H26N4O3. The van der Waals surface area contributed by atoms with Crippen LogP contribution in [-0.4, -0.2) is 48.6 Å². The smallest absolute Gasteiger partial charge is 0.253 e. The summed E-state index contributed by atoms with van der Waals surface area (Å²) in [4.78, 5) is 20.9. The van der Waals surface area contributed by atoms with Crippen LogP contribution in [0.2, 0.25) is 0 Å². The topological polar surface area (TPSA) is 82.6 Å². The fraction of sp³-hybridized carbons (Fsp3) is 0.269. The van der Waals surface area contributed by atoms with Gasteiger partial charge in [0.2, 0.25) is 17.5 Å². The third-order valence-corrected chi connectivity index (χ3v) is 5.49. The highest BCUT2D eigenvalue weighted by molar-refractivity contribution is 5.94. The summed E-state index contributed by atoms with van der Waals surface area (Å²) in [5.74, 6) is 1.66. The minimum Gasteiger partial charge on any atom is -0.494 e. The predicted molar refractivity (Wildman–Crippen MR) is 127 cm³/mol. The average Bonchev–Trinajstić information content (AvgIpc) is 3.27. The van der Waals surface area contributed by atoms with E-state index in [9.17, 15) is 10.1 Å². The van der Waals surface area contributed by atoms with E-state index in [1.807, 2.05) is 78.3 Å². The Morgan fingerprint density at radius 2 is 1.79 bits per heavy atom. The van der Waals surface area contributed by atoms with Gasteiger partial charge in [0.05, 0.1) is 6.61 Å². The lowest BCUT2D eigenvalue weighted by Crippen LogP contribution is -2.48. The lowest BCUT2D eigenvalue weighted by atomic mass is 10.1. The minimum absolute atomic E-state index is 0.0201. The second kappa shape index (κ2) is 10.0. The Labute approximate surface area is 193 Å². The van der Waals surface area contributed by atoms with Crippen molar-refractivity contribution in [3.05, 3.63) is 76.8 Å². The predicted octanol–water partition coefficient (Wildman–Crippen LogP) is 4.39. The number of ether oxygens (including phenoxy) is 1. The lowest BCUT2D eigenvalue weighted by Gasteiger charge is -2.34. The number of carbonyl (C=O) groups is 1. The van der Waals surface area contributed by atoms with Crippen molar-refractivity contribution in [2.24, 2.45) is 0 Å². The second-order valence-corrected chi connectivity index (χ2v) is 7.80. The van der Waals surface area contributed by atoms with Crippen LogP contribution in [0, 0.1) is 18.3 Å². The fourth-order valence-corrected chi connectivity index (χ4v) is 3.69. The van der Waals surface area contributed by atoms with Crippen molar-refractivity contribution in [2.45, 2.75) is 13.8 Å². The van der Waals surface area contributed by atoms with E-state index in [0.717, 1.165) is 16.9 Å². The molecule has 1 saturated heterocycles. The van der Waals surface area contributed by atoms with E-state index in [1.165, 1.54) is 0 Å². The highest BCUT2D eigenvalue weighted by atomic mass is 16.5. The van der Waals surface area contributed by atoms with Crippen molar-refractivity contribution in [2.75, 3.05) is 37.7 Å². The highest BCUT2D eigenvalue weighted by Crippen LogP contribution is 2.25. The van der Waals surface area contributed by atoms with E-state index in [0.29, 0.717) is 50.1 Å². The molecule has 1 aliphatic rings. The molecule has 1 aliphatic heterocycles. The number of oxazole rings is 1. The Kier molecular flexibility index (Phi) is 6.75. The van der Waals surface area contributed by atoms with Gasteiger partial charge in [-0.3, -0.25) is 4.79 Å². The van der Waals surface area contributed by atoms with Crippen LogP contribution in [0.3, 0.4) is 0 Å². The fourth-order valence-electron chi connectivity index (χ4n) is 3.69. The van der Waals surface area contributed by atoms with E-state index >= 15 is 0 Å². The van der Waals surface area contributed by atoms with Gasteiger partial charge in [-0.05, 0) is 49.8 Å². The van der Waals surface area contributed by atoms with Crippen LogP contribution in [0.25, 0.3) is 12.2 Å². The Morgan fingerprint density at radius 3 is 2.42 bits per heavy atom. The molecule has 0 atom stereocenters. The van der Waals surface area contributed by atoms with Crippen LogP contribution in [-0.2, 0) is 0 Å². The van der Waals surface area contributed by atoms with Crippen LogP contribution in [0.1, 0.15) is 40.0 Å². The zero-order chi connectivity index (χ0) is 23.2. The molecular weight excluding hydrogens is 416 g/mol. The summed E-state index contributed by atoms with van der Waals surface area (Å²) in [5, 5.41) is 9.54. The number of aryl methyl sites for hydroxylation is 1. The summed E-state index contributed by atoms with van der Waals surface area (Å²) in [7, 11) is 0. The quantitative estimate of drug-likeness (QED) is 0.563. The molecule has 0 radical (unpaired) electrons. The molecule has 1 aromatic heterocycles. The molecule has 0 N–H and O–H groups in total. The van der Waals surface area contributed by atoms with Gasteiger partial charge in [-0.25, -0.2) is 0 Å². The summed E-state index contributed by atoms with van der Waals surface area (Å²) >= 11 is 0. The van der Waals surface area contributed by atoms with Crippen molar-refractivity contribution in [1.29, 1.82) is 5.26 Å². The first-order chi connectivity index (χ1) is 16.1. The molecule has 0 spiro atoms. The Morgan fingerprint density at radius 1 is 1.09 bits per heavy atom. The number of benzene rings is 2. The Bertz CT molecular complexity index is 1170. The van der Waals surface area contributed by atoms with Gasteiger partial charge in [0.15, 0.2) is 0 Å². The lowest BCUT2D eigenvalue weighted by molar-refractivity contribution is 0.0745. The van der Waals surface area contributed by atoms with Crippen LogP contribution < -0.4 is 9.64 Å². The SMILES string of the molecule is CCOc1ccc(C=Cc2nc(C#N)c(N3CCN(C(=O)c4ccc(C)cc4)CC3)o2)cc1. The van der Waals surface area contributed by atoms with E-state index in [2.05, 4.69) is 11.1 Å². The third kappa shape index (κ3) is 5.24. The van der Waals surface area contributed by atoms with E-state index in [4.69, 9.17) is 9.15 Å². The maximum atomic E-state index is 12.8. The summed E-state index contributed by atoms with van der Waals surface area (Å²) in [6.07, 6.45) is 3.63. The monoisotopic (exact) mass is 442 g/mol. The number of anilines is 1. The van der Waals surface area contributed by atoms with Gasteiger partial charge in [0, 0.05) is 37.8 Å². The Hall–Kier alpha value is -4.05. The number of rotatable bonds is 6. The molecule has 4 rings (SSSR count). The molecule has 3 aromatic rings. The zero-order valence-electron chi connectivity index (χ0n) is 18.8. The van der Waals surface area contributed by atoms with Gasteiger partial charge >= 0.3 is 0 Å². The molecule has 2 heterocycles. The number of aromatic nitrogens is 1. The van der Waals surface area contributed by atoms with Crippen molar-refractivity contribution in [3.8, 4) is 11.8 Å². The summed E-state index contributed by atoms with van der Waals surface area (Å²) in [6, 6.07) is 17.4. The third-order valence-electron chi connectivity index (χ3n) is 5.49. The first kappa shape index (κ1) is 22.2. The molecule has 168 valence electrons. The maximum Gasteiger partial charge on any atom is 0.253 e. The van der Waals surface area contributed by atoms with Crippen molar-refractivity contribution in [3.63, 3.8) is 0 Å². The number of piperazine rings is 1. The molecule has 1 fully saturated rings. The van der Waals surface area contributed by atoms with Gasteiger partial charge in [-0.15, -0.1) is 0 Å². The van der Waals surface area contributed by atoms with Gasteiger partial charge < -0.3 is 19.0 Å². The van der Waals surface area contributed by atoms with Gasteiger partial charge in [0.1, 0.15) is 11.8 Å². The second-order valence-electron chi connectivity index (χ2n) is 7.80. The van der Waals surface area contributed by atoms with Crippen LogP contribution >= 0.6 is 0 Å². The van der Waals surface area contributed by atoms with Gasteiger partial charge in [-0.2, -0.15) is 10.2 Å². The molecule has 33 heavy (non-hydrogen) atoms. The number of carbonyl (C=O) groups excluding carboxylic acids is 1. The van der Waals surface area contributed by atoms with Crippen molar-refractivity contribution >= 4 is 23.9 Å². The molecule has 0 saturated carbocycles. The summed E-state index contributed by atoms with van der Waals surface area (Å²) in [6.45, 7) is 6.82. The molecule has 2 aromatic carbocycles. The normalized spacial score (nSPS) is 13.8. The first-order valence-electron chi connectivity index (χ1n) is 11.0. The number of nitriles is 1. The molecule has 0 bridgehead atoms. The largest absolute Gasteiger partial charge is 0.494 e. The number of hydrogen-bond donors (Lipinski definition) is 0. The number of hydrogen-bond acceptors (Lipinski definition) is 6. The van der Waals surface area contributed by atoms with E-state index in [1.54, 1.807) is 6.08 Å². The minimum atomic E-state index is 0.0201. The standard InChI is InChI=1S/C26H26N4O3/c1-3-32-22-11-6-20(7-12-22)8-13-24-28-23(18-27)26(33-24)30-16-14-29(15-17-30)25(31)21-9-4-19(2)5-10-21/h4-13H,3,14-17H2,1-2H3. The Balaban J connectivity index is 1.41. The van der Waals surface area contributed by atoms with Gasteiger partial charge in [0.25, 0.3) is 5.91 Å². The first-order valence-corrected chi connectivity index (χ1v) is 11.0. The summed E-state index contributed by atoms with van der Waals surface area (Å²) in [5.41, 5.74) is 3.03. The van der Waals surface area contributed by atoms with Crippen LogP contribution in [0.4, 0.5) is 5.88 Å². The van der Waals surface area contributed by atoms with Crippen molar-refractivity contribution in [1.82, 2.24) is 9.88 Å². The molecule has 7 heteroatoms.